The third-order valence-electron chi connectivity index (χ3n) is 2.65. The van der Waals surface area contributed by atoms with Crippen molar-refractivity contribution in [2.45, 2.75) is 19.0 Å². The first kappa shape index (κ1) is 18.1. The van der Waals surface area contributed by atoms with Crippen LogP contribution < -0.4 is 10.0 Å². The van der Waals surface area contributed by atoms with E-state index in [2.05, 4.69) is 10.0 Å². The van der Waals surface area contributed by atoms with Crippen LogP contribution in [-0.2, 0) is 16.2 Å². The summed E-state index contributed by atoms with van der Waals surface area (Å²) in [6, 6.07) is 2.49. The van der Waals surface area contributed by atoms with E-state index in [-0.39, 0.29) is 16.5 Å². The number of hydrogen-bond donors (Lipinski definition) is 2. The molecule has 0 aliphatic heterocycles. The second-order valence-corrected chi connectivity index (χ2v) is 6.67. The maximum absolute atomic E-state index is 12.5. The lowest BCUT2D eigenvalue weighted by molar-refractivity contribution is -0.137. The normalized spacial score (nSPS) is 12.4. The molecule has 0 amide bonds. The van der Waals surface area contributed by atoms with E-state index >= 15 is 0 Å². The number of anilines is 1. The molecule has 9 heteroatoms. The number of alkyl halides is 3. The van der Waals surface area contributed by atoms with Crippen LogP contribution in [0.25, 0.3) is 0 Å². The topological polar surface area (TPSA) is 58.2 Å². The van der Waals surface area contributed by atoms with Crippen LogP contribution >= 0.6 is 11.6 Å². The zero-order valence-electron chi connectivity index (χ0n) is 11.3. The molecule has 0 heterocycles. The maximum atomic E-state index is 12.5. The van der Waals surface area contributed by atoms with Gasteiger partial charge in [-0.15, -0.1) is 0 Å². The molecule has 1 aromatic rings. The van der Waals surface area contributed by atoms with Gasteiger partial charge in [0.2, 0.25) is 10.0 Å². The Morgan fingerprint density at radius 2 is 1.90 bits per heavy atom. The van der Waals surface area contributed by atoms with E-state index in [1.165, 1.54) is 0 Å². The summed E-state index contributed by atoms with van der Waals surface area (Å²) in [6.07, 6.45) is -3.40. The minimum atomic E-state index is -4.52. The summed E-state index contributed by atoms with van der Waals surface area (Å²) in [5, 5.41) is 2.60. The summed E-state index contributed by atoms with van der Waals surface area (Å²) < 4.78 is 63.2. The van der Waals surface area contributed by atoms with E-state index in [9.17, 15) is 21.6 Å². The highest BCUT2D eigenvalue weighted by molar-refractivity contribution is 7.92. The van der Waals surface area contributed by atoms with E-state index in [1.807, 2.05) is 0 Å². The predicted molar refractivity (Wildman–Crippen MR) is 77.0 cm³/mol. The Kier molecular flexibility index (Phi) is 6.30. The Morgan fingerprint density at radius 1 is 1.24 bits per heavy atom. The number of benzene rings is 1. The molecule has 0 fully saturated rings. The first-order chi connectivity index (χ1) is 9.65. The molecule has 120 valence electrons. The van der Waals surface area contributed by atoms with Crippen LogP contribution in [-0.4, -0.2) is 27.8 Å². The van der Waals surface area contributed by atoms with Crippen molar-refractivity contribution in [2.24, 2.45) is 0 Å². The van der Waals surface area contributed by atoms with Crippen molar-refractivity contribution in [3.63, 3.8) is 0 Å². The highest BCUT2D eigenvalue weighted by Gasteiger charge is 2.31. The largest absolute Gasteiger partial charge is 0.416 e. The van der Waals surface area contributed by atoms with Crippen molar-refractivity contribution in [2.75, 3.05) is 24.1 Å². The molecule has 0 aliphatic carbocycles. The van der Waals surface area contributed by atoms with Gasteiger partial charge in [0.15, 0.2) is 0 Å². The van der Waals surface area contributed by atoms with Crippen LogP contribution in [0, 0.1) is 0 Å². The fourth-order valence-corrected chi connectivity index (χ4v) is 3.07. The van der Waals surface area contributed by atoms with Crippen molar-refractivity contribution >= 4 is 27.3 Å². The van der Waals surface area contributed by atoms with E-state index in [0.717, 1.165) is 12.1 Å². The zero-order valence-corrected chi connectivity index (χ0v) is 12.9. The molecule has 0 saturated heterocycles. The summed E-state index contributed by atoms with van der Waals surface area (Å²) in [4.78, 5) is 0. The third-order valence-corrected chi connectivity index (χ3v) is 4.32. The number of rotatable bonds is 7. The molecule has 0 unspecified atom stereocenters. The molecular weight excluding hydrogens is 329 g/mol. The van der Waals surface area contributed by atoms with Crippen molar-refractivity contribution in [1.82, 2.24) is 5.32 Å². The molecule has 1 rings (SSSR count). The maximum Gasteiger partial charge on any atom is 0.416 e. The van der Waals surface area contributed by atoms with Crippen molar-refractivity contribution in [3.05, 3.63) is 28.8 Å². The van der Waals surface area contributed by atoms with E-state index in [1.54, 1.807) is 7.05 Å². The molecule has 0 atom stereocenters. The van der Waals surface area contributed by atoms with Gasteiger partial charge in [-0.2, -0.15) is 13.2 Å². The summed E-state index contributed by atoms with van der Waals surface area (Å²) in [7, 11) is -1.87. The summed E-state index contributed by atoms with van der Waals surface area (Å²) in [6.45, 7) is 0.691. The van der Waals surface area contributed by atoms with Crippen LogP contribution in [0.4, 0.5) is 18.9 Å². The molecule has 4 nitrogen and oxygen atoms in total. The van der Waals surface area contributed by atoms with Crippen molar-refractivity contribution in [1.29, 1.82) is 0 Å². The summed E-state index contributed by atoms with van der Waals surface area (Å²) in [5.74, 6) is -0.119. The lowest BCUT2D eigenvalue weighted by atomic mass is 10.2. The van der Waals surface area contributed by atoms with Gasteiger partial charge in [0, 0.05) is 0 Å². The molecule has 0 aromatic heterocycles. The van der Waals surface area contributed by atoms with E-state index in [0.29, 0.717) is 25.5 Å². The van der Waals surface area contributed by atoms with Gasteiger partial charge in [-0.3, -0.25) is 4.72 Å². The van der Waals surface area contributed by atoms with Gasteiger partial charge in [0.05, 0.1) is 22.0 Å². The first-order valence-electron chi connectivity index (χ1n) is 6.17. The van der Waals surface area contributed by atoms with Crippen LogP contribution in [0.2, 0.25) is 5.02 Å². The van der Waals surface area contributed by atoms with Gasteiger partial charge >= 0.3 is 6.18 Å². The van der Waals surface area contributed by atoms with Crippen molar-refractivity contribution in [3.8, 4) is 0 Å². The molecule has 0 bridgehead atoms. The molecule has 21 heavy (non-hydrogen) atoms. The number of halogens is 4. The zero-order chi connectivity index (χ0) is 16.1. The second-order valence-electron chi connectivity index (χ2n) is 4.42. The molecule has 0 saturated carbocycles. The van der Waals surface area contributed by atoms with Crippen LogP contribution in [0.15, 0.2) is 18.2 Å². The summed E-state index contributed by atoms with van der Waals surface area (Å²) in [5.41, 5.74) is -0.984. The number of nitrogens with one attached hydrogen (secondary N) is 2. The van der Waals surface area contributed by atoms with Gasteiger partial charge in [-0.05, 0) is 44.6 Å². The fourth-order valence-electron chi connectivity index (χ4n) is 1.59. The van der Waals surface area contributed by atoms with Crippen molar-refractivity contribution < 1.29 is 21.6 Å². The molecule has 1 aromatic carbocycles. The summed E-state index contributed by atoms with van der Waals surface area (Å²) >= 11 is 5.69. The lowest BCUT2D eigenvalue weighted by Gasteiger charge is -2.12. The predicted octanol–water partition coefficient (Wildman–Crippen LogP) is 3.10. The minimum Gasteiger partial charge on any atom is -0.320 e. The molecule has 0 spiro atoms. The smallest absolute Gasteiger partial charge is 0.320 e. The van der Waals surface area contributed by atoms with Gasteiger partial charge in [0.25, 0.3) is 0 Å². The molecule has 2 N–H and O–H groups in total. The van der Waals surface area contributed by atoms with Gasteiger partial charge < -0.3 is 5.32 Å². The quantitative estimate of drug-likeness (QED) is 0.747. The average molecular weight is 345 g/mol. The van der Waals surface area contributed by atoms with Crippen LogP contribution in [0.3, 0.4) is 0 Å². The highest BCUT2D eigenvalue weighted by Crippen LogP contribution is 2.34. The monoisotopic (exact) mass is 344 g/mol. The van der Waals surface area contributed by atoms with Gasteiger partial charge in [-0.25, -0.2) is 8.42 Å². The van der Waals surface area contributed by atoms with Gasteiger partial charge in [-0.1, -0.05) is 11.6 Å². The van der Waals surface area contributed by atoms with Crippen LogP contribution in [0.5, 0.6) is 0 Å². The number of hydrogen-bond acceptors (Lipinski definition) is 3. The second kappa shape index (κ2) is 7.33. The molecule has 0 radical (unpaired) electrons. The fraction of sp³-hybridized carbons (Fsp3) is 0.500. The highest BCUT2D eigenvalue weighted by atomic mass is 35.5. The first-order valence-corrected chi connectivity index (χ1v) is 8.20. The number of sulfonamides is 1. The lowest BCUT2D eigenvalue weighted by Crippen LogP contribution is -2.18. The van der Waals surface area contributed by atoms with E-state index in [4.69, 9.17) is 11.6 Å². The van der Waals surface area contributed by atoms with E-state index < -0.39 is 21.8 Å². The molecule has 0 aliphatic rings. The Labute approximate surface area is 126 Å². The standard InChI is InChI=1S/C12H16ClF3N2O2S/c1-17-6-2-3-7-21(19,20)18-11-5-4-9(8-10(11)13)12(14,15)16/h4-5,8,17-18H,2-3,6-7H2,1H3. The Balaban J connectivity index is 2.74. The SMILES string of the molecule is CNCCCCS(=O)(=O)Nc1ccc(C(F)(F)F)cc1Cl. The van der Waals surface area contributed by atoms with Crippen LogP contribution in [0.1, 0.15) is 18.4 Å². The Morgan fingerprint density at radius 3 is 2.43 bits per heavy atom. The Bertz CT molecular complexity index is 576. The minimum absolute atomic E-state index is 0.0571. The number of unbranched alkanes of at least 4 members (excludes halogenated alkanes) is 1. The Hall–Kier alpha value is -0.990. The average Bonchev–Trinajstić information content (AvgIpc) is 2.36. The van der Waals surface area contributed by atoms with Gasteiger partial charge in [0.1, 0.15) is 0 Å². The third kappa shape index (κ3) is 6.11. The molecular formula is C12H16ClF3N2O2S.